The molecule has 1 aliphatic rings. The first-order valence-corrected chi connectivity index (χ1v) is 5.04. The Bertz CT molecular complexity index is 399. The number of benzene rings is 1. The lowest BCUT2D eigenvalue weighted by Gasteiger charge is -1.92. The fourth-order valence-electron chi connectivity index (χ4n) is 1.48. The van der Waals surface area contributed by atoms with Gasteiger partial charge in [0.1, 0.15) is 0 Å². The van der Waals surface area contributed by atoms with Gasteiger partial charge in [0.2, 0.25) is 0 Å². The second-order valence-corrected chi connectivity index (χ2v) is 3.56. The minimum atomic E-state index is 0.672. The monoisotopic (exact) mass is 198 g/mol. The highest BCUT2D eigenvalue weighted by Gasteiger charge is 2.09. The average molecular weight is 198 g/mol. The number of ether oxygens (including phenoxy) is 1. The van der Waals surface area contributed by atoms with Crippen LogP contribution in [0.1, 0.15) is 5.56 Å². The van der Waals surface area contributed by atoms with Crippen LogP contribution >= 0.6 is 0 Å². The highest BCUT2D eigenvalue weighted by Crippen LogP contribution is 2.16. The molecule has 0 saturated carbocycles. The Morgan fingerprint density at radius 1 is 1.13 bits per heavy atom. The molecule has 1 saturated heterocycles. The average Bonchev–Trinajstić information content (AvgIpc) is 2.66. The maximum absolute atomic E-state index is 5.27. The van der Waals surface area contributed by atoms with Crippen LogP contribution in [-0.4, -0.2) is 13.2 Å². The number of rotatable bonds is 2. The topological polar surface area (TPSA) is 9.23 Å². The lowest BCUT2D eigenvalue weighted by molar-refractivity contribution is 0.215. The molecule has 1 heterocycles. The molecule has 0 atom stereocenters. The van der Waals surface area contributed by atoms with Gasteiger partial charge in [0, 0.05) is 0 Å². The Labute approximate surface area is 90.4 Å². The normalized spacial score (nSPS) is 19.2. The van der Waals surface area contributed by atoms with Gasteiger partial charge in [0.05, 0.1) is 13.2 Å². The maximum Gasteiger partial charge on any atom is 0.0724 e. The van der Waals surface area contributed by atoms with Crippen LogP contribution < -0.4 is 0 Å². The highest BCUT2D eigenvalue weighted by molar-refractivity contribution is 5.52. The fraction of sp³-hybridized carbons (Fsp3) is 0.143. The molecule has 0 bridgehead atoms. The number of hydrogen-bond acceptors (Lipinski definition) is 1. The summed E-state index contributed by atoms with van der Waals surface area (Å²) in [7, 11) is 0. The van der Waals surface area contributed by atoms with E-state index in [1.165, 1.54) is 11.1 Å². The van der Waals surface area contributed by atoms with Gasteiger partial charge in [-0.1, -0.05) is 55.1 Å². The van der Waals surface area contributed by atoms with Crippen LogP contribution in [0.5, 0.6) is 0 Å². The summed E-state index contributed by atoms with van der Waals surface area (Å²) in [5.74, 6) is 0. The van der Waals surface area contributed by atoms with E-state index >= 15 is 0 Å². The first-order valence-electron chi connectivity index (χ1n) is 5.04. The van der Waals surface area contributed by atoms with Crippen molar-refractivity contribution in [1.82, 2.24) is 0 Å². The number of hydrogen-bond donors (Lipinski definition) is 0. The number of allylic oxidation sites excluding steroid dienone is 2. The third kappa shape index (κ3) is 2.67. The van der Waals surface area contributed by atoms with Crippen molar-refractivity contribution in [2.24, 2.45) is 0 Å². The van der Waals surface area contributed by atoms with E-state index in [0.717, 1.165) is 5.57 Å². The zero-order valence-electron chi connectivity index (χ0n) is 8.65. The maximum atomic E-state index is 5.27. The second kappa shape index (κ2) is 4.76. The lowest BCUT2D eigenvalue weighted by atomic mass is 10.1. The zero-order chi connectivity index (χ0) is 10.5. The van der Waals surface area contributed by atoms with Crippen molar-refractivity contribution in [1.29, 1.82) is 0 Å². The second-order valence-electron chi connectivity index (χ2n) is 3.56. The molecule has 0 radical (unpaired) electrons. The molecule has 0 unspecified atom stereocenters. The summed E-state index contributed by atoms with van der Waals surface area (Å²) < 4.78 is 5.27. The predicted octanol–water partition coefficient (Wildman–Crippen LogP) is 3.21. The minimum absolute atomic E-state index is 0.672. The Morgan fingerprint density at radius 2 is 1.93 bits per heavy atom. The Balaban J connectivity index is 2.04. The summed E-state index contributed by atoms with van der Waals surface area (Å²) in [6.07, 6.45) is 6.20. The van der Waals surface area contributed by atoms with Gasteiger partial charge in [0.25, 0.3) is 0 Å². The van der Waals surface area contributed by atoms with Crippen molar-refractivity contribution in [3.63, 3.8) is 0 Å². The zero-order valence-corrected chi connectivity index (χ0v) is 8.65. The van der Waals surface area contributed by atoms with E-state index < -0.39 is 0 Å². The van der Waals surface area contributed by atoms with Crippen molar-refractivity contribution in [3.8, 4) is 0 Å². The fourth-order valence-corrected chi connectivity index (χ4v) is 1.48. The molecular formula is C14H14O. The van der Waals surface area contributed by atoms with Crippen LogP contribution in [0.3, 0.4) is 0 Å². The van der Waals surface area contributed by atoms with E-state index in [2.05, 4.69) is 30.9 Å². The van der Waals surface area contributed by atoms with Gasteiger partial charge in [-0.25, -0.2) is 0 Å². The molecule has 0 spiro atoms. The summed E-state index contributed by atoms with van der Waals surface area (Å²) in [6.45, 7) is 5.30. The molecule has 0 aromatic heterocycles. The summed E-state index contributed by atoms with van der Waals surface area (Å²) >= 11 is 0. The quantitative estimate of drug-likeness (QED) is 0.709. The summed E-state index contributed by atoms with van der Waals surface area (Å²) in [5.41, 5.74) is 3.49. The molecule has 1 aromatic rings. The van der Waals surface area contributed by atoms with E-state index in [1.54, 1.807) is 0 Å². The smallest absolute Gasteiger partial charge is 0.0724 e. The van der Waals surface area contributed by atoms with E-state index in [9.17, 15) is 0 Å². The van der Waals surface area contributed by atoms with Gasteiger partial charge < -0.3 is 4.74 Å². The van der Waals surface area contributed by atoms with Gasteiger partial charge in [-0.2, -0.15) is 0 Å². The van der Waals surface area contributed by atoms with Gasteiger partial charge in [0.15, 0.2) is 0 Å². The molecule has 0 amide bonds. The molecule has 1 heteroatoms. The van der Waals surface area contributed by atoms with Crippen LogP contribution in [-0.2, 0) is 4.74 Å². The van der Waals surface area contributed by atoms with Crippen molar-refractivity contribution >= 4 is 6.08 Å². The highest BCUT2D eigenvalue weighted by atomic mass is 16.5. The van der Waals surface area contributed by atoms with Crippen molar-refractivity contribution in [2.45, 2.75) is 0 Å². The van der Waals surface area contributed by atoms with E-state index in [-0.39, 0.29) is 0 Å². The molecule has 0 N–H and O–H groups in total. The molecule has 2 rings (SSSR count). The molecule has 76 valence electrons. The summed E-state index contributed by atoms with van der Waals surface area (Å²) in [6, 6.07) is 10.2. The summed E-state index contributed by atoms with van der Waals surface area (Å²) in [4.78, 5) is 0. The SMILES string of the molecule is C=C1COC/C1=C/C=C/c1ccccc1. The van der Waals surface area contributed by atoms with Crippen molar-refractivity contribution < 1.29 is 4.74 Å². The minimum Gasteiger partial charge on any atom is -0.372 e. The standard InChI is InChI=1S/C14H14O/c1-12-10-15-11-14(12)9-5-8-13-6-3-2-4-7-13/h2-9H,1,10-11H2/b8-5+,14-9-. The molecule has 1 fully saturated rings. The molecular weight excluding hydrogens is 184 g/mol. The third-order valence-electron chi connectivity index (χ3n) is 2.37. The van der Waals surface area contributed by atoms with Gasteiger partial charge in [-0.15, -0.1) is 0 Å². The Hall–Kier alpha value is -1.60. The largest absolute Gasteiger partial charge is 0.372 e. The first kappa shape index (κ1) is 9.94. The van der Waals surface area contributed by atoms with Crippen LogP contribution in [0.25, 0.3) is 6.08 Å². The Morgan fingerprint density at radius 3 is 2.60 bits per heavy atom. The van der Waals surface area contributed by atoms with Crippen LogP contribution in [0.15, 0.2) is 60.2 Å². The van der Waals surface area contributed by atoms with Crippen LogP contribution in [0.2, 0.25) is 0 Å². The van der Waals surface area contributed by atoms with Crippen LogP contribution in [0.4, 0.5) is 0 Å². The van der Waals surface area contributed by atoms with Gasteiger partial charge in [-0.3, -0.25) is 0 Å². The predicted molar refractivity (Wildman–Crippen MR) is 63.5 cm³/mol. The van der Waals surface area contributed by atoms with Crippen LogP contribution in [0, 0.1) is 0 Å². The van der Waals surface area contributed by atoms with Crippen molar-refractivity contribution in [3.05, 3.63) is 65.8 Å². The molecule has 1 aliphatic heterocycles. The molecule has 1 nitrogen and oxygen atoms in total. The first-order chi connectivity index (χ1) is 7.36. The molecule has 0 aliphatic carbocycles. The van der Waals surface area contributed by atoms with E-state index in [4.69, 9.17) is 4.74 Å². The molecule has 15 heavy (non-hydrogen) atoms. The van der Waals surface area contributed by atoms with E-state index in [0.29, 0.717) is 13.2 Å². The van der Waals surface area contributed by atoms with E-state index in [1.807, 2.05) is 24.3 Å². The molecule has 1 aromatic carbocycles. The van der Waals surface area contributed by atoms with Crippen molar-refractivity contribution in [2.75, 3.05) is 13.2 Å². The van der Waals surface area contributed by atoms with Gasteiger partial charge >= 0.3 is 0 Å². The van der Waals surface area contributed by atoms with Gasteiger partial charge in [-0.05, 0) is 16.7 Å². The summed E-state index contributed by atoms with van der Waals surface area (Å²) in [5, 5.41) is 0. The third-order valence-corrected chi connectivity index (χ3v) is 2.37. The lowest BCUT2D eigenvalue weighted by Crippen LogP contribution is -1.80. The Kier molecular flexibility index (Phi) is 3.15.